The molecule has 0 aliphatic carbocycles. The largest absolute Gasteiger partial charge is 0.309 e. The number of aliphatic imine (C=N–C) groups is 2. The topological polar surface area (TPSA) is 34.6 Å². The molecule has 0 unspecified atom stereocenters. The van der Waals surface area contributed by atoms with Crippen molar-refractivity contribution in [2.24, 2.45) is 9.98 Å². The standard InChI is InChI=1S/C53H36N4S/c1-34(36-16-6-3-7-17-36)54-53(37-18-8-4-9-19-37)55-35(2)38-26-28-42-45-33-40(27-31-49(45)58-50(42)32-38)56-47-25-15-13-23-44(47)51-48(56)30-29-43-41-22-12-14-24-46(41)57(52(43)51)39-20-10-5-11-21-39/h3-33H,2H2,1H3. The highest BCUT2D eigenvalue weighted by atomic mass is 32.1. The monoisotopic (exact) mass is 760 g/mol. The SMILES string of the molecule is C=C(N=C(N=C(C)c1ccccc1)c1ccccc1)c1ccc2c(c1)sc1ccc(-n3c4ccccc4c4c3ccc3c5ccccc5n(-c5ccccc5)c34)cc12. The van der Waals surface area contributed by atoms with E-state index in [9.17, 15) is 0 Å². The summed E-state index contributed by atoms with van der Waals surface area (Å²) in [5.74, 6) is 0.639. The van der Waals surface area contributed by atoms with Crippen LogP contribution >= 0.6 is 11.3 Å². The van der Waals surface area contributed by atoms with Crippen molar-refractivity contribution in [3.63, 3.8) is 0 Å². The molecule has 0 radical (unpaired) electrons. The summed E-state index contributed by atoms with van der Waals surface area (Å²) in [6.07, 6.45) is 0. The molecule has 8 aromatic carbocycles. The molecule has 0 aliphatic rings. The third kappa shape index (κ3) is 5.51. The summed E-state index contributed by atoms with van der Waals surface area (Å²) in [6, 6.07) is 66.8. The minimum absolute atomic E-state index is 0.639. The second-order valence-corrected chi connectivity index (χ2v) is 15.8. The fourth-order valence-electron chi connectivity index (χ4n) is 8.55. The van der Waals surface area contributed by atoms with Gasteiger partial charge in [0.05, 0.1) is 27.8 Å². The van der Waals surface area contributed by atoms with E-state index in [0.29, 0.717) is 11.5 Å². The number of amidine groups is 1. The first-order chi connectivity index (χ1) is 28.6. The summed E-state index contributed by atoms with van der Waals surface area (Å²) >= 11 is 1.80. The lowest BCUT2D eigenvalue weighted by atomic mass is 10.1. The molecule has 5 heteroatoms. The van der Waals surface area contributed by atoms with Crippen LogP contribution in [0.15, 0.2) is 205 Å². The molecule has 0 aliphatic heterocycles. The van der Waals surface area contributed by atoms with Gasteiger partial charge >= 0.3 is 0 Å². The average molecular weight is 761 g/mol. The van der Waals surface area contributed by atoms with E-state index in [1.54, 1.807) is 11.3 Å². The van der Waals surface area contributed by atoms with E-state index < -0.39 is 0 Å². The van der Waals surface area contributed by atoms with Gasteiger partial charge in [-0.25, -0.2) is 9.98 Å². The lowest BCUT2D eigenvalue weighted by molar-refractivity contribution is 1.18. The second-order valence-electron chi connectivity index (χ2n) is 14.7. The molecule has 0 bridgehead atoms. The number of aromatic nitrogens is 2. The van der Waals surface area contributed by atoms with Gasteiger partial charge in [0.15, 0.2) is 5.84 Å². The Morgan fingerprint density at radius 2 is 1.09 bits per heavy atom. The number of thiophene rings is 1. The van der Waals surface area contributed by atoms with Crippen molar-refractivity contribution in [2.45, 2.75) is 6.92 Å². The van der Waals surface area contributed by atoms with Crippen LogP contribution < -0.4 is 0 Å². The molecule has 0 fully saturated rings. The molecule has 3 aromatic heterocycles. The Morgan fingerprint density at radius 3 is 1.84 bits per heavy atom. The Hall–Kier alpha value is -7.34. The molecule has 0 spiro atoms. The zero-order valence-electron chi connectivity index (χ0n) is 31.8. The molecule has 0 N–H and O–H groups in total. The van der Waals surface area contributed by atoms with Crippen molar-refractivity contribution >= 4 is 92.4 Å². The molecule has 3 heterocycles. The Kier molecular flexibility index (Phi) is 8.02. The molecular formula is C53H36N4S. The van der Waals surface area contributed by atoms with Crippen LogP contribution in [-0.4, -0.2) is 20.7 Å². The van der Waals surface area contributed by atoms with Crippen LogP contribution in [0.1, 0.15) is 23.6 Å². The molecule has 4 nitrogen and oxygen atoms in total. The first-order valence-electron chi connectivity index (χ1n) is 19.5. The number of rotatable bonds is 6. The van der Waals surface area contributed by atoms with Crippen molar-refractivity contribution in [3.8, 4) is 11.4 Å². The molecule has 0 saturated heterocycles. The average Bonchev–Trinajstić information content (AvgIpc) is 3.94. The summed E-state index contributed by atoms with van der Waals surface area (Å²) in [7, 11) is 0. The van der Waals surface area contributed by atoms with Crippen LogP contribution in [0.4, 0.5) is 0 Å². The fourth-order valence-corrected chi connectivity index (χ4v) is 9.68. The Labute approximate surface area is 339 Å². The van der Waals surface area contributed by atoms with E-state index in [4.69, 9.17) is 9.98 Å². The molecule has 0 amide bonds. The lowest BCUT2D eigenvalue weighted by Gasteiger charge is -2.10. The summed E-state index contributed by atoms with van der Waals surface area (Å²) < 4.78 is 7.32. The van der Waals surface area contributed by atoms with Crippen LogP contribution in [0, 0.1) is 0 Å². The summed E-state index contributed by atoms with van der Waals surface area (Å²) in [5, 5.41) is 7.45. The number of hydrogen-bond acceptors (Lipinski definition) is 2. The molecule has 11 aromatic rings. The van der Waals surface area contributed by atoms with Crippen molar-refractivity contribution in [2.75, 3.05) is 0 Å². The van der Waals surface area contributed by atoms with Gasteiger partial charge in [0.2, 0.25) is 0 Å². The van der Waals surface area contributed by atoms with E-state index >= 15 is 0 Å². The van der Waals surface area contributed by atoms with E-state index in [-0.39, 0.29) is 0 Å². The van der Waals surface area contributed by atoms with Crippen LogP contribution in [0.3, 0.4) is 0 Å². The first-order valence-corrected chi connectivity index (χ1v) is 20.3. The van der Waals surface area contributed by atoms with Gasteiger partial charge in [-0.05, 0) is 67.1 Å². The second kappa shape index (κ2) is 13.7. The zero-order valence-corrected chi connectivity index (χ0v) is 32.6. The van der Waals surface area contributed by atoms with Crippen molar-refractivity contribution in [1.82, 2.24) is 9.13 Å². The van der Waals surface area contributed by atoms with E-state index in [1.807, 2.05) is 55.5 Å². The number of nitrogens with zero attached hydrogens (tertiary/aromatic N) is 4. The molecule has 0 saturated carbocycles. The minimum atomic E-state index is 0.639. The molecule has 0 atom stereocenters. The Morgan fingerprint density at radius 1 is 0.448 bits per heavy atom. The summed E-state index contributed by atoms with van der Waals surface area (Å²) in [5.41, 5.74) is 11.7. The van der Waals surface area contributed by atoms with Gasteiger partial charge < -0.3 is 9.13 Å². The van der Waals surface area contributed by atoms with Gasteiger partial charge in [0.25, 0.3) is 0 Å². The summed E-state index contributed by atoms with van der Waals surface area (Å²) in [4.78, 5) is 10.1. The van der Waals surface area contributed by atoms with Gasteiger partial charge in [0, 0.05) is 69.9 Å². The Balaban J connectivity index is 1.05. The van der Waals surface area contributed by atoms with Gasteiger partial charge in [-0.15, -0.1) is 11.3 Å². The predicted molar refractivity (Wildman–Crippen MR) is 249 cm³/mol. The Bertz CT molecular complexity index is 3460. The molecule has 58 heavy (non-hydrogen) atoms. The van der Waals surface area contributed by atoms with Crippen molar-refractivity contribution in [1.29, 1.82) is 0 Å². The maximum absolute atomic E-state index is 5.04. The minimum Gasteiger partial charge on any atom is -0.309 e. The highest BCUT2D eigenvalue weighted by Crippen LogP contribution is 2.43. The van der Waals surface area contributed by atoms with Crippen LogP contribution in [0.2, 0.25) is 0 Å². The van der Waals surface area contributed by atoms with E-state index in [0.717, 1.165) is 33.8 Å². The van der Waals surface area contributed by atoms with Gasteiger partial charge in [0.1, 0.15) is 0 Å². The number of benzene rings is 8. The quantitative estimate of drug-likeness (QED) is 0.119. The third-order valence-corrected chi connectivity index (χ3v) is 12.4. The fraction of sp³-hybridized carbons (Fsp3) is 0.0189. The first kappa shape index (κ1) is 34.0. The van der Waals surface area contributed by atoms with Gasteiger partial charge in [-0.2, -0.15) is 0 Å². The third-order valence-electron chi connectivity index (χ3n) is 11.3. The highest BCUT2D eigenvalue weighted by molar-refractivity contribution is 7.25. The van der Waals surface area contributed by atoms with Crippen LogP contribution in [0.25, 0.3) is 80.9 Å². The predicted octanol–water partition coefficient (Wildman–Crippen LogP) is 14.2. The molecular weight excluding hydrogens is 725 g/mol. The maximum Gasteiger partial charge on any atom is 0.160 e. The zero-order chi connectivity index (χ0) is 38.7. The van der Waals surface area contributed by atoms with Crippen LogP contribution in [0.5, 0.6) is 0 Å². The highest BCUT2D eigenvalue weighted by Gasteiger charge is 2.21. The number of hydrogen-bond donors (Lipinski definition) is 0. The normalized spacial score (nSPS) is 12.5. The number of fused-ring (bicyclic) bond motifs is 10. The van der Waals surface area contributed by atoms with Crippen LogP contribution in [-0.2, 0) is 0 Å². The van der Waals surface area contributed by atoms with Crippen molar-refractivity contribution in [3.05, 3.63) is 211 Å². The molecule has 274 valence electrons. The smallest absolute Gasteiger partial charge is 0.160 e. The van der Waals surface area contributed by atoms with E-state index in [1.165, 1.54) is 63.8 Å². The number of para-hydroxylation sites is 3. The maximum atomic E-state index is 5.04. The van der Waals surface area contributed by atoms with Crippen molar-refractivity contribution < 1.29 is 0 Å². The van der Waals surface area contributed by atoms with Gasteiger partial charge in [-0.1, -0.05) is 140 Å². The lowest BCUT2D eigenvalue weighted by Crippen LogP contribution is -2.04. The van der Waals surface area contributed by atoms with E-state index in [2.05, 4.69) is 155 Å². The van der Waals surface area contributed by atoms with Gasteiger partial charge in [-0.3, -0.25) is 0 Å². The molecule has 11 rings (SSSR count). The summed E-state index contributed by atoms with van der Waals surface area (Å²) in [6.45, 7) is 6.47.